The van der Waals surface area contributed by atoms with Crippen molar-refractivity contribution in [3.63, 3.8) is 0 Å². The van der Waals surface area contributed by atoms with Gasteiger partial charge in [-0.05, 0) is 45.4 Å². The molecule has 3 nitrogen and oxygen atoms in total. The summed E-state index contributed by atoms with van der Waals surface area (Å²) in [5.41, 5.74) is 5.80. The lowest BCUT2D eigenvalue weighted by atomic mass is 9.78. The number of hydrogen-bond donors (Lipinski definition) is 1. The first-order valence-electron chi connectivity index (χ1n) is 6.09. The van der Waals surface area contributed by atoms with Gasteiger partial charge in [0.1, 0.15) is 11.4 Å². The van der Waals surface area contributed by atoms with Crippen molar-refractivity contribution in [3.8, 4) is 0 Å². The highest BCUT2D eigenvalue weighted by Crippen LogP contribution is 2.34. The van der Waals surface area contributed by atoms with Gasteiger partial charge in [0.2, 0.25) is 0 Å². The van der Waals surface area contributed by atoms with E-state index in [1.807, 2.05) is 13.8 Å². The van der Waals surface area contributed by atoms with Gasteiger partial charge in [-0.3, -0.25) is 4.99 Å². The first-order valence-corrected chi connectivity index (χ1v) is 6.09. The van der Waals surface area contributed by atoms with Crippen LogP contribution < -0.4 is 5.73 Å². The molecule has 0 spiro atoms. The second-order valence-corrected chi connectivity index (χ2v) is 4.47. The Bertz CT molecular complexity index is 218. The largest absolute Gasteiger partial charge is 0.385 e. The van der Waals surface area contributed by atoms with Crippen molar-refractivity contribution >= 4 is 5.84 Å². The zero-order valence-corrected chi connectivity index (χ0v) is 10.3. The van der Waals surface area contributed by atoms with Crippen LogP contribution in [0.1, 0.15) is 46.5 Å². The van der Waals surface area contributed by atoms with E-state index in [-0.39, 0.29) is 5.60 Å². The molecule has 0 heterocycles. The van der Waals surface area contributed by atoms with Crippen molar-refractivity contribution in [1.82, 2.24) is 0 Å². The molecule has 0 aromatic heterocycles. The van der Waals surface area contributed by atoms with Crippen LogP contribution in [0.5, 0.6) is 0 Å². The van der Waals surface area contributed by atoms with Crippen LogP contribution in [0.2, 0.25) is 0 Å². The van der Waals surface area contributed by atoms with Gasteiger partial charge in [-0.1, -0.05) is 6.92 Å². The summed E-state index contributed by atoms with van der Waals surface area (Å²) in [4.78, 5) is 4.33. The number of nitrogens with zero attached hydrogens (tertiary/aromatic N) is 1. The lowest BCUT2D eigenvalue weighted by molar-refractivity contribution is -0.0202. The van der Waals surface area contributed by atoms with Crippen molar-refractivity contribution in [2.24, 2.45) is 16.6 Å². The summed E-state index contributed by atoms with van der Waals surface area (Å²) in [5, 5.41) is 0. The Morgan fingerprint density at radius 1 is 1.40 bits per heavy atom. The normalized spacial score (nSPS) is 33.0. The minimum Gasteiger partial charge on any atom is -0.385 e. The highest BCUT2D eigenvalue weighted by atomic mass is 16.5. The Morgan fingerprint density at radius 2 is 2.00 bits per heavy atom. The maximum Gasteiger partial charge on any atom is 0.126 e. The van der Waals surface area contributed by atoms with Crippen LogP contribution in [0.25, 0.3) is 0 Å². The van der Waals surface area contributed by atoms with Gasteiger partial charge in [-0.25, -0.2) is 0 Å². The average molecular weight is 212 g/mol. The monoisotopic (exact) mass is 212 g/mol. The van der Waals surface area contributed by atoms with Gasteiger partial charge in [0.25, 0.3) is 0 Å². The second-order valence-electron chi connectivity index (χ2n) is 4.47. The number of ether oxygens (including phenoxy) is 1. The van der Waals surface area contributed by atoms with Gasteiger partial charge in [-0.15, -0.1) is 0 Å². The Balaban J connectivity index is 2.74. The third-order valence-corrected chi connectivity index (χ3v) is 3.30. The molecule has 0 unspecified atom stereocenters. The summed E-state index contributed by atoms with van der Waals surface area (Å²) in [6.07, 6.45) is 4.44. The quantitative estimate of drug-likeness (QED) is 0.574. The molecule has 1 saturated carbocycles. The molecule has 1 rings (SSSR count). The van der Waals surface area contributed by atoms with E-state index in [9.17, 15) is 0 Å². The Kier molecular flexibility index (Phi) is 4.58. The van der Waals surface area contributed by atoms with Gasteiger partial charge in [0.05, 0.1) is 0 Å². The van der Waals surface area contributed by atoms with Crippen molar-refractivity contribution in [2.45, 2.75) is 52.1 Å². The lowest BCUT2D eigenvalue weighted by Crippen LogP contribution is -2.49. The molecule has 0 bridgehead atoms. The molecule has 0 radical (unpaired) electrons. The van der Waals surface area contributed by atoms with Gasteiger partial charge >= 0.3 is 0 Å². The molecule has 0 saturated heterocycles. The molecule has 0 aliphatic heterocycles. The molecule has 1 fully saturated rings. The third-order valence-electron chi connectivity index (χ3n) is 3.30. The minimum atomic E-state index is -0.253. The molecule has 0 aromatic carbocycles. The molecular formula is C12H24N2O. The van der Waals surface area contributed by atoms with Gasteiger partial charge < -0.3 is 10.5 Å². The Morgan fingerprint density at radius 3 is 2.47 bits per heavy atom. The molecule has 15 heavy (non-hydrogen) atoms. The predicted molar refractivity (Wildman–Crippen MR) is 64.2 cm³/mol. The van der Waals surface area contributed by atoms with Crippen molar-refractivity contribution in [3.05, 3.63) is 0 Å². The molecule has 3 heteroatoms. The summed E-state index contributed by atoms with van der Waals surface area (Å²) in [5.74, 6) is 1.51. The fraction of sp³-hybridized carbons (Fsp3) is 0.917. The summed E-state index contributed by atoms with van der Waals surface area (Å²) in [6, 6.07) is 0. The summed E-state index contributed by atoms with van der Waals surface area (Å²) in [7, 11) is 0. The number of rotatable bonds is 4. The van der Waals surface area contributed by atoms with Crippen LogP contribution in [0, 0.1) is 5.92 Å². The van der Waals surface area contributed by atoms with E-state index in [0.717, 1.165) is 25.3 Å². The lowest BCUT2D eigenvalue weighted by Gasteiger charge is -2.38. The van der Waals surface area contributed by atoms with E-state index in [1.165, 1.54) is 12.8 Å². The van der Waals surface area contributed by atoms with Crippen LogP contribution in [0.4, 0.5) is 0 Å². The molecular weight excluding hydrogens is 188 g/mol. The molecule has 0 aromatic rings. The standard InChI is InChI=1S/C12H24N2O/c1-4-14-11(13)12(15-5-2)8-6-10(3)7-9-12/h10H,4-9H2,1-3H3,(H2,13,14). The highest BCUT2D eigenvalue weighted by molar-refractivity contribution is 5.89. The van der Waals surface area contributed by atoms with Crippen LogP contribution in [-0.4, -0.2) is 24.6 Å². The van der Waals surface area contributed by atoms with Gasteiger partial charge in [0.15, 0.2) is 0 Å². The van der Waals surface area contributed by atoms with Crippen LogP contribution in [0.3, 0.4) is 0 Å². The van der Waals surface area contributed by atoms with E-state index < -0.39 is 0 Å². The van der Waals surface area contributed by atoms with Crippen molar-refractivity contribution in [2.75, 3.05) is 13.2 Å². The van der Waals surface area contributed by atoms with E-state index >= 15 is 0 Å². The Labute approximate surface area is 93.1 Å². The molecule has 1 aliphatic carbocycles. The van der Waals surface area contributed by atoms with Gasteiger partial charge in [0, 0.05) is 13.2 Å². The fourth-order valence-corrected chi connectivity index (χ4v) is 2.29. The van der Waals surface area contributed by atoms with E-state index in [2.05, 4.69) is 11.9 Å². The first-order chi connectivity index (χ1) is 7.14. The fourth-order valence-electron chi connectivity index (χ4n) is 2.29. The number of hydrogen-bond acceptors (Lipinski definition) is 2. The summed E-state index contributed by atoms with van der Waals surface area (Å²) < 4.78 is 5.88. The smallest absolute Gasteiger partial charge is 0.126 e. The summed E-state index contributed by atoms with van der Waals surface area (Å²) in [6.45, 7) is 7.80. The van der Waals surface area contributed by atoms with Crippen LogP contribution in [0.15, 0.2) is 4.99 Å². The summed E-state index contributed by atoms with van der Waals surface area (Å²) >= 11 is 0. The molecule has 2 N–H and O–H groups in total. The van der Waals surface area contributed by atoms with Crippen molar-refractivity contribution < 1.29 is 4.74 Å². The number of aliphatic imine (C=N–C) groups is 1. The average Bonchev–Trinajstić information content (AvgIpc) is 2.22. The van der Waals surface area contributed by atoms with E-state index in [1.54, 1.807) is 0 Å². The number of nitrogens with two attached hydrogens (primary N) is 1. The first kappa shape index (κ1) is 12.5. The second kappa shape index (κ2) is 5.50. The van der Waals surface area contributed by atoms with Crippen LogP contribution >= 0.6 is 0 Å². The molecule has 88 valence electrons. The maximum absolute atomic E-state index is 6.05. The third kappa shape index (κ3) is 2.94. The zero-order valence-electron chi connectivity index (χ0n) is 10.3. The highest BCUT2D eigenvalue weighted by Gasteiger charge is 2.38. The van der Waals surface area contributed by atoms with E-state index in [4.69, 9.17) is 10.5 Å². The minimum absolute atomic E-state index is 0.253. The van der Waals surface area contributed by atoms with Crippen molar-refractivity contribution in [1.29, 1.82) is 0 Å². The molecule has 1 aliphatic rings. The maximum atomic E-state index is 6.05. The van der Waals surface area contributed by atoms with Crippen LogP contribution in [-0.2, 0) is 4.74 Å². The Hall–Kier alpha value is -0.570. The SMILES string of the molecule is CCN=C(N)C1(OCC)CCC(C)CC1. The topological polar surface area (TPSA) is 47.6 Å². The van der Waals surface area contributed by atoms with Gasteiger partial charge in [-0.2, -0.15) is 0 Å². The predicted octanol–water partition coefficient (Wildman–Crippen LogP) is 2.35. The zero-order chi connectivity index (χ0) is 11.3. The number of amidine groups is 1. The van der Waals surface area contributed by atoms with E-state index in [0.29, 0.717) is 12.4 Å². The molecule has 0 atom stereocenters. The molecule has 0 amide bonds.